The van der Waals surface area contributed by atoms with Gasteiger partial charge in [-0.05, 0) is 33.5 Å². The summed E-state index contributed by atoms with van der Waals surface area (Å²) in [5.41, 5.74) is 3.61. The van der Waals surface area contributed by atoms with Crippen molar-refractivity contribution in [2.75, 3.05) is 13.1 Å². The lowest BCUT2D eigenvalue weighted by Gasteiger charge is -2.30. The first-order chi connectivity index (χ1) is 13.3. The molecule has 0 aliphatic carbocycles. The first-order valence-electron chi connectivity index (χ1n) is 9.11. The van der Waals surface area contributed by atoms with Crippen LogP contribution in [0, 0.1) is 0 Å². The van der Waals surface area contributed by atoms with E-state index in [1.165, 1.54) is 17.5 Å². The molecule has 1 aromatic heterocycles. The molecule has 2 heterocycles. The van der Waals surface area contributed by atoms with Gasteiger partial charge in [0.25, 0.3) is 0 Å². The summed E-state index contributed by atoms with van der Waals surface area (Å²) < 4.78 is 1.56. The molecule has 4 rings (SSSR count). The van der Waals surface area contributed by atoms with Gasteiger partial charge < -0.3 is 4.90 Å². The number of rotatable bonds is 5. The third-order valence-corrected chi connectivity index (χ3v) is 4.91. The van der Waals surface area contributed by atoms with Gasteiger partial charge in [0, 0.05) is 19.5 Å². The Bertz CT molecular complexity index is 906. The van der Waals surface area contributed by atoms with E-state index in [0.29, 0.717) is 19.5 Å². The maximum atomic E-state index is 13.2. The average Bonchev–Trinajstić information content (AvgIpc) is 3.28. The molecule has 1 amide bonds. The number of carbonyl (C=O) groups is 1. The molecule has 6 heteroatoms. The number of tetrazole rings is 1. The summed E-state index contributed by atoms with van der Waals surface area (Å²) in [6, 6.07) is 19.9. The van der Waals surface area contributed by atoms with E-state index >= 15 is 0 Å². The topological polar surface area (TPSA) is 63.9 Å². The van der Waals surface area contributed by atoms with Gasteiger partial charge in [-0.15, -0.1) is 5.10 Å². The summed E-state index contributed by atoms with van der Waals surface area (Å²) in [4.78, 5) is 15.1. The van der Waals surface area contributed by atoms with E-state index in [9.17, 15) is 4.79 Å². The molecule has 6 nitrogen and oxygen atoms in total. The van der Waals surface area contributed by atoms with Gasteiger partial charge in [0.2, 0.25) is 5.91 Å². The number of nitrogens with zero attached hydrogens (tertiary/aromatic N) is 5. The van der Waals surface area contributed by atoms with Gasteiger partial charge in [-0.3, -0.25) is 4.79 Å². The van der Waals surface area contributed by atoms with Gasteiger partial charge >= 0.3 is 0 Å². The quantitative estimate of drug-likeness (QED) is 0.703. The monoisotopic (exact) mass is 359 g/mol. The van der Waals surface area contributed by atoms with Crippen molar-refractivity contribution in [3.8, 4) is 0 Å². The van der Waals surface area contributed by atoms with Crippen molar-refractivity contribution < 1.29 is 4.79 Å². The molecule has 3 aromatic rings. The van der Waals surface area contributed by atoms with Crippen LogP contribution < -0.4 is 0 Å². The Morgan fingerprint density at radius 3 is 2.41 bits per heavy atom. The van der Waals surface area contributed by atoms with Gasteiger partial charge in [-0.25, -0.2) is 4.68 Å². The summed E-state index contributed by atoms with van der Waals surface area (Å²) in [7, 11) is 0. The first kappa shape index (κ1) is 17.1. The Balaban J connectivity index is 1.51. The second-order valence-electron chi connectivity index (χ2n) is 6.62. The number of amides is 1. The fourth-order valence-corrected chi connectivity index (χ4v) is 3.44. The van der Waals surface area contributed by atoms with E-state index in [1.54, 1.807) is 4.68 Å². The van der Waals surface area contributed by atoms with Crippen LogP contribution in [0.25, 0.3) is 5.57 Å². The predicted molar refractivity (Wildman–Crippen MR) is 103 cm³/mol. The Labute approximate surface area is 158 Å². The van der Waals surface area contributed by atoms with Crippen molar-refractivity contribution in [2.45, 2.75) is 18.9 Å². The highest BCUT2D eigenvalue weighted by Crippen LogP contribution is 2.24. The molecule has 0 fully saturated rings. The van der Waals surface area contributed by atoms with Crippen LogP contribution in [0.15, 0.2) is 73.1 Å². The zero-order valence-electron chi connectivity index (χ0n) is 15.0. The molecule has 0 N–H and O–H groups in total. The Morgan fingerprint density at radius 2 is 1.78 bits per heavy atom. The van der Waals surface area contributed by atoms with Crippen molar-refractivity contribution >= 4 is 11.5 Å². The molecular formula is C21H21N5O. The van der Waals surface area contributed by atoms with Crippen LogP contribution in [0.4, 0.5) is 0 Å². The maximum absolute atomic E-state index is 13.2. The fraction of sp³-hybridized carbons (Fsp3) is 0.238. The smallest absolute Gasteiger partial charge is 0.248 e. The van der Waals surface area contributed by atoms with Crippen LogP contribution in [-0.2, 0) is 11.2 Å². The van der Waals surface area contributed by atoms with E-state index in [2.05, 4.69) is 33.7 Å². The molecule has 136 valence electrons. The van der Waals surface area contributed by atoms with Gasteiger partial charge in [-0.2, -0.15) is 0 Å². The first-order valence-corrected chi connectivity index (χ1v) is 9.11. The molecule has 0 bridgehead atoms. The second-order valence-corrected chi connectivity index (χ2v) is 6.62. The lowest BCUT2D eigenvalue weighted by atomic mass is 9.98. The second kappa shape index (κ2) is 7.95. The lowest BCUT2D eigenvalue weighted by Crippen LogP contribution is -2.40. The molecule has 2 aromatic carbocycles. The molecule has 27 heavy (non-hydrogen) atoms. The van der Waals surface area contributed by atoms with Crippen molar-refractivity contribution in [2.24, 2.45) is 0 Å². The summed E-state index contributed by atoms with van der Waals surface area (Å²) in [5.74, 6) is 0.0505. The minimum Gasteiger partial charge on any atom is -0.337 e. The number of hydrogen-bond acceptors (Lipinski definition) is 4. The molecule has 1 aliphatic heterocycles. The fourth-order valence-electron chi connectivity index (χ4n) is 3.44. The van der Waals surface area contributed by atoms with Crippen LogP contribution in [0.1, 0.15) is 23.6 Å². The highest BCUT2D eigenvalue weighted by Gasteiger charge is 2.28. The van der Waals surface area contributed by atoms with Gasteiger partial charge in [0.15, 0.2) is 0 Å². The summed E-state index contributed by atoms with van der Waals surface area (Å²) >= 11 is 0. The summed E-state index contributed by atoms with van der Waals surface area (Å²) in [6.07, 6.45) is 5.08. The zero-order chi connectivity index (χ0) is 18.5. The lowest BCUT2D eigenvalue weighted by molar-refractivity contribution is -0.134. The standard InChI is InChI=1S/C21H21N5O/c27-21(25-13-11-19(12-14-25)18-9-5-2-6-10-18)20(26-16-22-23-24-26)15-17-7-3-1-4-8-17/h1-11,16,20H,12-15H2/t20-/m0/s1. The summed E-state index contributed by atoms with van der Waals surface area (Å²) in [6.45, 7) is 1.31. The van der Waals surface area contributed by atoms with E-state index in [0.717, 1.165) is 12.0 Å². The van der Waals surface area contributed by atoms with Crippen molar-refractivity contribution in [3.63, 3.8) is 0 Å². The number of carbonyl (C=O) groups excluding carboxylic acids is 1. The highest BCUT2D eigenvalue weighted by molar-refractivity contribution is 5.82. The van der Waals surface area contributed by atoms with Crippen molar-refractivity contribution in [3.05, 3.63) is 84.2 Å². The molecule has 1 atom stereocenters. The third kappa shape index (κ3) is 3.95. The summed E-state index contributed by atoms with van der Waals surface area (Å²) in [5, 5.41) is 11.4. The minimum absolute atomic E-state index is 0.0505. The van der Waals surface area contributed by atoms with Crippen LogP contribution in [-0.4, -0.2) is 44.1 Å². The third-order valence-electron chi connectivity index (χ3n) is 4.91. The normalized spacial score (nSPS) is 15.3. The number of benzene rings is 2. The largest absolute Gasteiger partial charge is 0.337 e. The predicted octanol–water partition coefficient (Wildman–Crippen LogP) is 2.77. The van der Waals surface area contributed by atoms with Crippen LogP contribution >= 0.6 is 0 Å². The molecule has 0 unspecified atom stereocenters. The van der Waals surface area contributed by atoms with E-state index in [4.69, 9.17) is 0 Å². The average molecular weight is 359 g/mol. The highest BCUT2D eigenvalue weighted by atomic mass is 16.2. The van der Waals surface area contributed by atoms with E-state index in [-0.39, 0.29) is 5.91 Å². The van der Waals surface area contributed by atoms with Gasteiger partial charge in [-0.1, -0.05) is 66.7 Å². The molecule has 1 aliphatic rings. The number of hydrogen-bond donors (Lipinski definition) is 0. The van der Waals surface area contributed by atoms with Crippen LogP contribution in [0.5, 0.6) is 0 Å². The molecule has 0 radical (unpaired) electrons. The van der Waals surface area contributed by atoms with Crippen LogP contribution in [0.3, 0.4) is 0 Å². The Hall–Kier alpha value is -3.28. The van der Waals surface area contributed by atoms with E-state index in [1.807, 2.05) is 53.4 Å². The van der Waals surface area contributed by atoms with Crippen molar-refractivity contribution in [1.82, 2.24) is 25.1 Å². The van der Waals surface area contributed by atoms with Gasteiger partial charge in [0.05, 0.1) is 0 Å². The Kier molecular flexibility index (Phi) is 5.05. The van der Waals surface area contributed by atoms with E-state index < -0.39 is 6.04 Å². The SMILES string of the molecule is O=C([C@H](Cc1ccccc1)n1cnnn1)N1CC=C(c2ccccc2)CC1. The number of aromatic nitrogens is 4. The molecular weight excluding hydrogens is 338 g/mol. The Morgan fingerprint density at radius 1 is 1.04 bits per heavy atom. The van der Waals surface area contributed by atoms with Crippen LogP contribution in [0.2, 0.25) is 0 Å². The van der Waals surface area contributed by atoms with Gasteiger partial charge in [0.1, 0.15) is 12.4 Å². The molecule has 0 saturated carbocycles. The molecule has 0 spiro atoms. The minimum atomic E-state index is -0.436. The maximum Gasteiger partial charge on any atom is 0.248 e. The molecule has 0 saturated heterocycles. The zero-order valence-corrected chi connectivity index (χ0v) is 15.0. The van der Waals surface area contributed by atoms with Crippen molar-refractivity contribution in [1.29, 1.82) is 0 Å².